The first-order valence-corrected chi connectivity index (χ1v) is 21.2. The number of aliphatic hydroxyl groups is 3. The van der Waals surface area contributed by atoms with Gasteiger partial charge in [0.05, 0.1) is 25.7 Å². The molecule has 3 unspecified atom stereocenters. The lowest BCUT2D eigenvalue weighted by Crippen LogP contribution is -2.66. The first-order chi connectivity index (χ1) is 25.7. The van der Waals surface area contributed by atoms with Crippen molar-refractivity contribution in [3.05, 3.63) is 11.6 Å². The van der Waals surface area contributed by atoms with Gasteiger partial charge >= 0.3 is 11.9 Å². The van der Waals surface area contributed by atoms with Gasteiger partial charge in [-0.05, 0) is 122 Å². The van der Waals surface area contributed by atoms with Gasteiger partial charge in [0.25, 0.3) is 0 Å². The third kappa shape index (κ3) is 7.01. The Morgan fingerprint density at radius 2 is 1.53 bits per heavy atom. The second-order valence-electron chi connectivity index (χ2n) is 20.4. The minimum atomic E-state index is -1.62. The molecule has 0 spiro atoms. The van der Waals surface area contributed by atoms with Crippen molar-refractivity contribution in [3.8, 4) is 0 Å². The van der Waals surface area contributed by atoms with Gasteiger partial charge in [-0.3, -0.25) is 9.59 Å². The molecular formula is C44H71NO10. The van der Waals surface area contributed by atoms with Crippen LogP contribution < -0.4 is 5.32 Å². The normalized spacial score (nSPS) is 44.4. The van der Waals surface area contributed by atoms with Crippen LogP contribution in [0.25, 0.3) is 0 Å². The predicted molar refractivity (Wildman–Crippen MR) is 206 cm³/mol. The van der Waals surface area contributed by atoms with E-state index in [1.807, 2.05) is 0 Å². The van der Waals surface area contributed by atoms with Crippen LogP contribution in [0, 0.1) is 50.2 Å². The quantitative estimate of drug-likeness (QED) is 0.0897. The smallest absolute Gasteiger partial charge is 0.337 e. The Morgan fingerprint density at radius 3 is 2.22 bits per heavy atom. The minimum Gasteiger partial charge on any atom is -0.469 e. The maximum atomic E-state index is 14.4. The number of carbonyl (C=O) groups is 3. The molecule has 4 N–H and O–H groups in total. The van der Waals surface area contributed by atoms with Gasteiger partial charge in [-0.1, -0.05) is 66.5 Å². The third-order valence-electron chi connectivity index (χ3n) is 16.9. The standard InChI is InChI=1S/C44H71NO10/c1-39(2)20-22-44(38(51)45-24-12-10-11-13-31(46)52-8)23-21-42(6)26(27(44)25-39)14-15-29-41(5)18-17-30(40(3,4)28(41)16-19-43(29,42)7)54-37-34(49)32(47)33(48)35(55-37)36(50)53-9/h14,27-30,32-35,37,47-49H,10-13,15-25H2,1-9H3,(H,45,51)/t27?,28?,29?,30-,32-,33-,34-,35-,37-,41-,42+,43+,44-/m0/s1. The highest BCUT2D eigenvalue weighted by Crippen LogP contribution is 2.76. The summed E-state index contributed by atoms with van der Waals surface area (Å²) in [5.74, 6) is 0.178. The van der Waals surface area contributed by atoms with Crippen molar-refractivity contribution in [3.63, 3.8) is 0 Å². The van der Waals surface area contributed by atoms with Gasteiger partial charge in [-0.2, -0.15) is 0 Å². The summed E-state index contributed by atoms with van der Waals surface area (Å²) in [6.07, 6.45) is 7.34. The first-order valence-electron chi connectivity index (χ1n) is 21.2. The van der Waals surface area contributed by atoms with E-state index in [4.69, 9.17) is 18.9 Å². The molecule has 55 heavy (non-hydrogen) atoms. The van der Waals surface area contributed by atoms with Gasteiger partial charge in [0.15, 0.2) is 12.4 Å². The number of nitrogens with one attached hydrogen (secondary N) is 1. The molecule has 1 saturated heterocycles. The SMILES string of the molecule is COC(=O)CCCCCNC(=O)[C@]12CCC(C)(C)CC1C1=CCC3[C@@]4(C)CC[C@H](O[C@H]5O[C@H](C(=O)OC)[C@@H](O)[C@H](O)[C@@H]5O)C(C)(C)C4CC[C@@]3(C)[C@]1(C)CC2. The summed E-state index contributed by atoms with van der Waals surface area (Å²) in [4.78, 5) is 38.3. The number of hydrogen-bond acceptors (Lipinski definition) is 10. The number of allylic oxidation sites excluding steroid dienone is 2. The zero-order chi connectivity index (χ0) is 40.4. The Balaban J connectivity index is 1.21. The maximum absolute atomic E-state index is 14.4. The number of aliphatic hydroxyl groups excluding tert-OH is 3. The number of ether oxygens (including phenoxy) is 4. The van der Waals surface area contributed by atoms with E-state index in [0.717, 1.165) is 83.5 Å². The van der Waals surface area contributed by atoms with Crippen LogP contribution in [0.5, 0.6) is 0 Å². The van der Waals surface area contributed by atoms with Gasteiger partial charge in [-0.25, -0.2) is 4.79 Å². The highest BCUT2D eigenvalue weighted by atomic mass is 16.7. The molecule has 1 aliphatic heterocycles. The summed E-state index contributed by atoms with van der Waals surface area (Å²) >= 11 is 0. The number of amides is 1. The van der Waals surface area contributed by atoms with Crippen molar-refractivity contribution >= 4 is 17.8 Å². The van der Waals surface area contributed by atoms with Crippen molar-refractivity contribution in [2.24, 2.45) is 50.2 Å². The van der Waals surface area contributed by atoms with Crippen molar-refractivity contribution < 1.29 is 48.7 Å². The van der Waals surface area contributed by atoms with E-state index in [-0.39, 0.29) is 51.0 Å². The maximum Gasteiger partial charge on any atom is 0.337 e. The van der Waals surface area contributed by atoms with Gasteiger partial charge in [0.1, 0.15) is 18.3 Å². The minimum absolute atomic E-state index is 0.0172. The van der Waals surface area contributed by atoms with Crippen LogP contribution in [0.15, 0.2) is 11.6 Å². The van der Waals surface area contributed by atoms with Gasteiger partial charge < -0.3 is 39.6 Å². The number of rotatable bonds is 10. The van der Waals surface area contributed by atoms with Gasteiger partial charge in [-0.15, -0.1) is 0 Å². The lowest BCUT2D eigenvalue weighted by molar-refractivity contribution is -0.324. The fourth-order valence-electron chi connectivity index (χ4n) is 13.4. The Bertz CT molecular complexity index is 1490. The Kier molecular flexibility index (Phi) is 11.8. The number of hydrogen-bond donors (Lipinski definition) is 4. The number of unbranched alkanes of at least 4 members (excludes halogenated alkanes) is 2. The predicted octanol–water partition coefficient (Wildman–Crippen LogP) is 6.00. The van der Waals surface area contributed by atoms with E-state index in [1.54, 1.807) is 0 Å². The fourth-order valence-corrected chi connectivity index (χ4v) is 13.4. The molecular weight excluding hydrogens is 702 g/mol. The molecule has 0 radical (unpaired) electrons. The number of methoxy groups -OCH3 is 2. The zero-order valence-electron chi connectivity index (χ0n) is 35.1. The van der Waals surface area contributed by atoms with E-state index in [1.165, 1.54) is 19.8 Å². The van der Waals surface area contributed by atoms with E-state index >= 15 is 0 Å². The molecule has 312 valence electrons. The van der Waals surface area contributed by atoms with E-state index in [9.17, 15) is 29.7 Å². The lowest BCUT2D eigenvalue weighted by atomic mass is 9.33. The molecule has 11 heteroatoms. The fraction of sp³-hybridized carbons (Fsp3) is 0.886. The summed E-state index contributed by atoms with van der Waals surface area (Å²) in [6.45, 7) is 17.5. The van der Waals surface area contributed by atoms with E-state index in [0.29, 0.717) is 24.8 Å². The van der Waals surface area contributed by atoms with Crippen molar-refractivity contribution in [2.45, 2.75) is 175 Å². The van der Waals surface area contributed by atoms with Crippen LogP contribution >= 0.6 is 0 Å². The van der Waals surface area contributed by atoms with Crippen LogP contribution in [0.4, 0.5) is 0 Å². The zero-order valence-corrected chi connectivity index (χ0v) is 35.1. The van der Waals surface area contributed by atoms with Crippen LogP contribution in [-0.4, -0.2) is 90.7 Å². The second kappa shape index (κ2) is 15.3. The van der Waals surface area contributed by atoms with Crippen molar-refractivity contribution in [1.29, 1.82) is 0 Å². The molecule has 13 atom stereocenters. The summed E-state index contributed by atoms with van der Waals surface area (Å²) in [5, 5.41) is 35.3. The lowest BCUT2D eigenvalue weighted by Gasteiger charge is -2.71. The monoisotopic (exact) mass is 774 g/mol. The van der Waals surface area contributed by atoms with Crippen LogP contribution in [0.2, 0.25) is 0 Å². The average molecular weight is 774 g/mol. The molecule has 4 saturated carbocycles. The van der Waals surface area contributed by atoms with Crippen LogP contribution in [0.1, 0.15) is 138 Å². The number of carbonyl (C=O) groups excluding carboxylic acids is 3. The first kappa shape index (κ1) is 42.6. The molecule has 1 amide bonds. The third-order valence-corrected chi connectivity index (χ3v) is 16.9. The van der Waals surface area contributed by atoms with Crippen molar-refractivity contribution in [1.82, 2.24) is 5.32 Å². The molecule has 1 heterocycles. The average Bonchev–Trinajstić information content (AvgIpc) is 3.13. The topological polar surface area (TPSA) is 161 Å². The highest BCUT2D eigenvalue weighted by Gasteiger charge is 2.69. The molecule has 6 rings (SSSR count). The molecule has 0 aromatic heterocycles. The Morgan fingerprint density at radius 1 is 0.818 bits per heavy atom. The largest absolute Gasteiger partial charge is 0.469 e. The molecule has 0 aromatic carbocycles. The Hall–Kier alpha value is -2.05. The molecule has 6 aliphatic rings. The molecule has 11 nitrogen and oxygen atoms in total. The second-order valence-corrected chi connectivity index (χ2v) is 20.4. The summed E-state index contributed by atoms with van der Waals surface area (Å²) in [7, 11) is 2.61. The summed E-state index contributed by atoms with van der Waals surface area (Å²) in [5.41, 5.74) is 1.02. The van der Waals surface area contributed by atoms with E-state index < -0.39 is 42.1 Å². The van der Waals surface area contributed by atoms with Crippen molar-refractivity contribution in [2.75, 3.05) is 20.8 Å². The molecule has 0 bridgehead atoms. The van der Waals surface area contributed by atoms with Gasteiger partial charge in [0, 0.05) is 13.0 Å². The number of esters is 2. The summed E-state index contributed by atoms with van der Waals surface area (Å²) < 4.78 is 21.9. The van der Waals surface area contributed by atoms with E-state index in [2.05, 4.69) is 59.9 Å². The van der Waals surface area contributed by atoms with Crippen LogP contribution in [-0.2, 0) is 33.3 Å². The molecule has 5 aliphatic carbocycles. The van der Waals surface area contributed by atoms with Gasteiger partial charge in [0.2, 0.25) is 5.91 Å². The Labute approximate surface area is 329 Å². The summed E-state index contributed by atoms with van der Waals surface area (Å²) in [6, 6.07) is 0. The molecule has 5 fully saturated rings. The number of fused-ring (bicyclic) bond motifs is 7. The highest BCUT2D eigenvalue weighted by molar-refractivity contribution is 5.84. The van der Waals surface area contributed by atoms with Crippen LogP contribution in [0.3, 0.4) is 0 Å². The molecule has 0 aromatic rings.